The van der Waals surface area contributed by atoms with Gasteiger partial charge in [0.2, 0.25) is 6.10 Å². The van der Waals surface area contributed by atoms with Crippen LogP contribution in [0.1, 0.15) is 19.3 Å². The number of halogens is 7. The Morgan fingerprint density at radius 3 is 1.75 bits per heavy atom. The number of hydrogen-bond acceptors (Lipinski definition) is 1. The topological polar surface area (TPSA) is 9.23 Å². The molecule has 0 saturated heterocycles. The molecule has 0 atom stereocenters. The minimum absolute atomic E-state index is 0.175. The first-order valence-electron chi connectivity index (χ1n) is 4.50. The molecule has 0 aliphatic rings. The lowest BCUT2D eigenvalue weighted by atomic mass is 10.2. The zero-order chi connectivity index (χ0) is 12.8. The maximum atomic E-state index is 11.9. The Kier molecular flexibility index (Phi) is 6.69. The highest BCUT2D eigenvalue weighted by Crippen LogP contribution is 2.35. The number of ether oxygens (including phenoxy) is 1. The van der Waals surface area contributed by atoms with Gasteiger partial charge in [0.05, 0.1) is 0 Å². The molecule has 8 heteroatoms. The predicted molar refractivity (Wildman–Crippen MR) is 49.5 cm³/mol. The molecule has 0 aliphatic heterocycles. The highest BCUT2D eigenvalue weighted by Gasteiger charge is 2.57. The third kappa shape index (κ3) is 6.57. The zero-order valence-corrected chi connectivity index (χ0v) is 9.75. The van der Waals surface area contributed by atoms with E-state index < -0.39 is 25.1 Å². The van der Waals surface area contributed by atoms with Crippen molar-refractivity contribution >= 4 is 15.9 Å². The van der Waals surface area contributed by atoms with Crippen molar-refractivity contribution < 1.29 is 31.1 Å². The number of alkyl halides is 7. The molecule has 1 nitrogen and oxygen atoms in total. The van der Waals surface area contributed by atoms with E-state index in [0.717, 1.165) is 0 Å². The van der Waals surface area contributed by atoms with Gasteiger partial charge < -0.3 is 4.74 Å². The van der Waals surface area contributed by atoms with Crippen LogP contribution in [0.4, 0.5) is 26.3 Å². The molecule has 0 fully saturated rings. The largest absolute Gasteiger partial charge is 0.423 e. The van der Waals surface area contributed by atoms with E-state index in [4.69, 9.17) is 0 Å². The van der Waals surface area contributed by atoms with E-state index in [1.165, 1.54) is 0 Å². The monoisotopic (exact) mass is 316 g/mol. The first kappa shape index (κ1) is 16.0. The summed E-state index contributed by atoms with van der Waals surface area (Å²) >= 11 is 3.09. The summed E-state index contributed by atoms with van der Waals surface area (Å²) < 4.78 is 75.5. The molecule has 0 aromatic heterocycles. The van der Waals surface area contributed by atoms with Gasteiger partial charge in [-0.25, -0.2) is 0 Å². The fraction of sp³-hybridized carbons (Fsp3) is 1.00. The van der Waals surface area contributed by atoms with Crippen molar-refractivity contribution in [3.05, 3.63) is 0 Å². The number of unbranched alkanes of at least 4 members (excludes halogenated alkanes) is 2. The molecule has 0 heterocycles. The first-order valence-corrected chi connectivity index (χ1v) is 5.62. The maximum absolute atomic E-state index is 11.9. The van der Waals surface area contributed by atoms with Gasteiger partial charge in [0.15, 0.2) is 0 Å². The summed E-state index contributed by atoms with van der Waals surface area (Å²) in [7, 11) is 0. The van der Waals surface area contributed by atoms with E-state index in [1.807, 2.05) is 0 Å². The van der Waals surface area contributed by atoms with E-state index in [1.54, 1.807) is 0 Å². The molecule has 0 bridgehead atoms. The van der Waals surface area contributed by atoms with Crippen molar-refractivity contribution in [1.82, 2.24) is 0 Å². The fourth-order valence-electron chi connectivity index (χ4n) is 0.949. The quantitative estimate of drug-likeness (QED) is 0.408. The van der Waals surface area contributed by atoms with Crippen LogP contribution in [-0.4, -0.2) is 30.4 Å². The molecule has 0 aliphatic carbocycles. The molecule has 0 aromatic carbocycles. The van der Waals surface area contributed by atoms with Crippen molar-refractivity contribution in [1.29, 1.82) is 0 Å². The van der Waals surface area contributed by atoms with Crippen LogP contribution in [0.15, 0.2) is 0 Å². The number of rotatable bonds is 6. The minimum atomic E-state index is -5.41. The summed E-state index contributed by atoms with van der Waals surface area (Å²) in [6.07, 6.45) is -13.1. The SMILES string of the molecule is FC(F)(F)C(OCCCCCBr)C(F)(F)F. The van der Waals surface area contributed by atoms with E-state index in [9.17, 15) is 26.3 Å². The Labute approximate surface area is 97.3 Å². The minimum Gasteiger partial charge on any atom is -0.361 e. The van der Waals surface area contributed by atoms with Gasteiger partial charge in [-0.2, -0.15) is 26.3 Å². The van der Waals surface area contributed by atoms with Gasteiger partial charge in [0.1, 0.15) is 0 Å². The highest BCUT2D eigenvalue weighted by atomic mass is 79.9. The van der Waals surface area contributed by atoms with E-state index in [-0.39, 0.29) is 6.42 Å². The Hall–Kier alpha value is 0.0200. The van der Waals surface area contributed by atoms with Crippen molar-refractivity contribution in [2.75, 3.05) is 11.9 Å². The van der Waals surface area contributed by atoms with Gasteiger partial charge >= 0.3 is 12.4 Å². The standard InChI is InChI=1S/C8H11BrF6O/c9-4-2-1-3-5-16-6(7(10,11)12)8(13,14)15/h6H,1-5H2. The van der Waals surface area contributed by atoms with Crippen molar-refractivity contribution in [3.8, 4) is 0 Å². The molecular formula is C8H11BrF6O. The van der Waals surface area contributed by atoms with Crippen LogP contribution >= 0.6 is 15.9 Å². The van der Waals surface area contributed by atoms with Gasteiger partial charge in [-0.15, -0.1) is 0 Å². The second-order valence-corrected chi connectivity index (χ2v) is 3.88. The van der Waals surface area contributed by atoms with E-state index in [0.29, 0.717) is 18.2 Å². The lowest BCUT2D eigenvalue weighted by molar-refractivity contribution is -0.321. The Bertz CT molecular complexity index is 176. The van der Waals surface area contributed by atoms with Crippen LogP contribution in [0.5, 0.6) is 0 Å². The molecule has 0 amide bonds. The Morgan fingerprint density at radius 1 is 0.875 bits per heavy atom. The third-order valence-corrected chi connectivity index (χ3v) is 2.22. The third-order valence-electron chi connectivity index (χ3n) is 1.66. The summed E-state index contributed by atoms with van der Waals surface area (Å²) in [5.74, 6) is 0. The van der Waals surface area contributed by atoms with Crippen LogP contribution < -0.4 is 0 Å². The molecule has 0 aromatic rings. The smallest absolute Gasteiger partial charge is 0.361 e. The summed E-state index contributed by atoms with van der Waals surface area (Å²) in [6, 6.07) is 0. The van der Waals surface area contributed by atoms with Crippen LogP contribution in [-0.2, 0) is 4.74 Å². The van der Waals surface area contributed by atoms with Crippen molar-refractivity contribution in [3.63, 3.8) is 0 Å². The average molecular weight is 317 g/mol. The van der Waals surface area contributed by atoms with Gasteiger partial charge in [-0.05, 0) is 12.8 Å². The Balaban J connectivity index is 4.06. The predicted octanol–water partition coefficient (Wildman–Crippen LogP) is 4.06. The van der Waals surface area contributed by atoms with Gasteiger partial charge in [-0.1, -0.05) is 22.4 Å². The van der Waals surface area contributed by atoms with Crippen molar-refractivity contribution in [2.24, 2.45) is 0 Å². The molecule has 16 heavy (non-hydrogen) atoms. The fourth-order valence-corrected chi connectivity index (χ4v) is 1.35. The van der Waals surface area contributed by atoms with Gasteiger partial charge in [-0.3, -0.25) is 0 Å². The summed E-state index contributed by atoms with van der Waals surface area (Å²) in [4.78, 5) is 0. The summed E-state index contributed by atoms with van der Waals surface area (Å²) in [5, 5.41) is 0.662. The lowest BCUT2D eigenvalue weighted by Crippen LogP contribution is -2.44. The number of hydrogen-bond donors (Lipinski definition) is 0. The van der Waals surface area contributed by atoms with Crippen LogP contribution in [0, 0.1) is 0 Å². The summed E-state index contributed by atoms with van der Waals surface area (Å²) in [6.45, 7) is -0.545. The maximum Gasteiger partial charge on any atom is 0.423 e. The van der Waals surface area contributed by atoms with Crippen LogP contribution in [0.2, 0.25) is 0 Å². The van der Waals surface area contributed by atoms with Crippen molar-refractivity contribution in [2.45, 2.75) is 37.7 Å². The lowest BCUT2D eigenvalue weighted by Gasteiger charge is -2.22. The molecule has 0 unspecified atom stereocenters. The van der Waals surface area contributed by atoms with Crippen LogP contribution in [0.3, 0.4) is 0 Å². The zero-order valence-electron chi connectivity index (χ0n) is 8.17. The van der Waals surface area contributed by atoms with Gasteiger partial charge in [0, 0.05) is 11.9 Å². The van der Waals surface area contributed by atoms with Gasteiger partial charge in [0.25, 0.3) is 0 Å². The summed E-state index contributed by atoms with van der Waals surface area (Å²) in [5.41, 5.74) is 0. The molecule has 0 radical (unpaired) electrons. The second-order valence-electron chi connectivity index (χ2n) is 3.08. The molecule has 0 rings (SSSR count). The average Bonchev–Trinajstić information content (AvgIpc) is 2.06. The molecule has 0 N–H and O–H groups in total. The Morgan fingerprint density at radius 2 is 1.38 bits per heavy atom. The molecule has 98 valence electrons. The highest BCUT2D eigenvalue weighted by molar-refractivity contribution is 9.09. The normalized spacial score (nSPS) is 13.5. The van der Waals surface area contributed by atoms with E-state index in [2.05, 4.69) is 20.7 Å². The molecule has 0 spiro atoms. The second kappa shape index (κ2) is 6.68. The molecular weight excluding hydrogens is 306 g/mol. The first-order chi connectivity index (χ1) is 7.19. The molecule has 0 saturated carbocycles. The van der Waals surface area contributed by atoms with Crippen LogP contribution in [0.25, 0.3) is 0 Å². The van der Waals surface area contributed by atoms with E-state index >= 15 is 0 Å².